The normalized spacial score (nSPS) is 10.0. The largest absolute Gasteiger partial charge is 0.479 e. The number of nitrogens with zero attached hydrogens (tertiary/aromatic N) is 1. The molecular formula is C8H5NO3. The molecule has 0 aliphatic rings. The van der Waals surface area contributed by atoms with Crippen LogP contribution < -0.4 is 5.76 Å². The minimum atomic E-state index is -0.714. The summed E-state index contributed by atoms with van der Waals surface area (Å²) in [5, 5.41) is 0. The molecule has 0 saturated carbocycles. The minimum absolute atomic E-state index is 0.209. The van der Waals surface area contributed by atoms with Crippen molar-refractivity contribution in [3.63, 3.8) is 0 Å². The van der Waals surface area contributed by atoms with Crippen molar-refractivity contribution in [2.24, 2.45) is 0 Å². The van der Waals surface area contributed by atoms with Crippen LogP contribution in [0, 0.1) is 0 Å². The summed E-state index contributed by atoms with van der Waals surface area (Å²) in [6.07, 6.45) is 0. The van der Waals surface area contributed by atoms with Gasteiger partial charge in [0.25, 0.3) is 5.89 Å². The molecule has 0 aliphatic carbocycles. The Balaban J connectivity index is 2.51. The van der Waals surface area contributed by atoms with Gasteiger partial charge in [-0.05, 0) is 12.1 Å². The van der Waals surface area contributed by atoms with Gasteiger partial charge >= 0.3 is 5.76 Å². The Labute approximate surface area is 67.4 Å². The smallest absolute Gasteiger partial charge is 0.263 e. The third kappa shape index (κ3) is 1.14. The fourth-order valence-corrected chi connectivity index (χ4v) is 0.889. The lowest BCUT2D eigenvalue weighted by atomic mass is 10.2. The monoisotopic (exact) mass is 163 g/mol. The van der Waals surface area contributed by atoms with Crippen molar-refractivity contribution >= 4 is 0 Å². The van der Waals surface area contributed by atoms with Crippen LogP contribution in [-0.2, 0) is 0 Å². The molecule has 0 bridgehead atoms. The Morgan fingerprint density at radius 3 is 2.42 bits per heavy atom. The van der Waals surface area contributed by atoms with E-state index in [1.54, 1.807) is 12.1 Å². The summed E-state index contributed by atoms with van der Waals surface area (Å²) in [4.78, 5) is 14.0. The van der Waals surface area contributed by atoms with Gasteiger partial charge in [0, 0.05) is 5.56 Å². The van der Waals surface area contributed by atoms with Crippen LogP contribution in [0.5, 0.6) is 0 Å². The second-order valence-electron chi connectivity index (χ2n) is 2.22. The highest BCUT2D eigenvalue weighted by Crippen LogP contribution is 2.13. The molecule has 0 spiro atoms. The lowest BCUT2D eigenvalue weighted by Crippen LogP contribution is -1.94. The van der Waals surface area contributed by atoms with Crippen LogP contribution in [-0.4, -0.2) is 4.98 Å². The number of benzene rings is 1. The molecule has 1 heterocycles. The molecule has 60 valence electrons. The van der Waals surface area contributed by atoms with Crippen molar-refractivity contribution < 1.29 is 9.15 Å². The summed E-state index contributed by atoms with van der Waals surface area (Å²) >= 11 is 0. The Bertz CT molecular complexity index is 415. The molecule has 0 radical (unpaired) electrons. The highest BCUT2D eigenvalue weighted by Gasteiger charge is 2.04. The van der Waals surface area contributed by atoms with Gasteiger partial charge in [-0.2, -0.15) is 0 Å². The SMILES string of the molecule is O=c1nc(-c2ccccc2)oo1. The third-order valence-electron chi connectivity index (χ3n) is 1.41. The third-order valence-corrected chi connectivity index (χ3v) is 1.41. The molecule has 0 atom stereocenters. The molecule has 0 amide bonds. The van der Waals surface area contributed by atoms with E-state index in [-0.39, 0.29) is 5.89 Å². The van der Waals surface area contributed by atoms with Gasteiger partial charge in [-0.15, -0.1) is 4.98 Å². The van der Waals surface area contributed by atoms with Gasteiger partial charge in [-0.25, -0.2) is 9.37 Å². The summed E-state index contributed by atoms with van der Waals surface area (Å²) in [5.74, 6) is -0.505. The number of aromatic nitrogens is 1. The molecule has 0 aliphatic heterocycles. The Morgan fingerprint density at radius 2 is 1.83 bits per heavy atom. The Hall–Kier alpha value is -1.84. The zero-order valence-corrected chi connectivity index (χ0v) is 6.06. The summed E-state index contributed by atoms with van der Waals surface area (Å²) in [6, 6.07) is 9.07. The van der Waals surface area contributed by atoms with E-state index in [1.807, 2.05) is 18.2 Å². The summed E-state index contributed by atoms with van der Waals surface area (Å²) in [7, 11) is 0. The summed E-state index contributed by atoms with van der Waals surface area (Å²) in [6.45, 7) is 0. The fraction of sp³-hybridized carbons (Fsp3) is 0. The molecule has 12 heavy (non-hydrogen) atoms. The molecule has 2 rings (SSSR count). The highest BCUT2D eigenvalue weighted by atomic mass is 17.0. The molecule has 0 fully saturated rings. The average Bonchev–Trinajstić information content (AvgIpc) is 2.54. The van der Waals surface area contributed by atoms with Crippen LogP contribution in [0.1, 0.15) is 0 Å². The second kappa shape index (κ2) is 2.65. The average molecular weight is 163 g/mol. The van der Waals surface area contributed by atoms with Crippen molar-refractivity contribution in [3.8, 4) is 11.5 Å². The van der Waals surface area contributed by atoms with Gasteiger partial charge in [0.1, 0.15) is 0 Å². The quantitative estimate of drug-likeness (QED) is 0.594. The van der Waals surface area contributed by atoms with E-state index >= 15 is 0 Å². The number of rotatable bonds is 1. The zero-order chi connectivity index (χ0) is 8.39. The summed E-state index contributed by atoms with van der Waals surface area (Å²) < 4.78 is 8.73. The van der Waals surface area contributed by atoms with Gasteiger partial charge in [0.2, 0.25) is 0 Å². The van der Waals surface area contributed by atoms with Gasteiger partial charge in [0.15, 0.2) is 0 Å². The molecule has 1 aromatic heterocycles. The molecule has 4 nitrogen and oxygen atoms in total. The number of hydrogen-bond donors (Lipinski definition) is 0. The summed E-state index contributed by atoms with van der Waals surface area (Å²) in [5.41, 5.74) is 0.725. The first-order valence-electron chi connectivity index (χ1n) is 3.39. The predicted octanol–water partition coefficient (Wildman–Crippen LogP) is 1.29. The first-order valence-corrected chi connectivity index (χ1v) is 3.39. The van der Waals surface area contributed by atoms with Gasteiger partial charge < -0.3 is 0 Å². The molecule has 1 aromatic carbocycles. The molecular weight excluding hydrogens is 158 g/mol. The van der Waals surface area contributed by atoms with E-state index in [0.717, 1.165) is 5.56 Å². The Morgan fingerprint density at radius 1 is 1.08 bits per heavy atom. The maximum absolute atomic E-state index is 10.5. The van der Waals surface area contributed by atoms with Crippen molar-refractivity contribution in [2.45, 2.75) is 0 Å². The van der Waals surface area contributed by atoms with Crippen LogP contribution in [0.25, 0.3) is 11.5 Å². The van der Waals surface area contributed by atoms with E-state index < -0.39 is 5.76 Å². The van der Waals surface area contributed by atoms with Crippen molar-refractivity contribution in [1.29, 1.82) is 0 Å². The van der Waals surface area contributed by atoms with Crippen LogP contribution in [0.2, 0.25) is 0 Å². The molecule has 0 unspecified atom stereocenters. The van der Waals surface area contributed by atoms with Crippen molar-refractivity contribution in [2.75, 3.05) is 0 Å². The van der Waals surface area contributed by atoms with Gasteiger partial charge in [-0.3, -0.25) is 4.58 Å². The first-order chi connectivity index (χ1) is 5.86. The van der Waals surface area contributed by atoms with E-state index in [9.17, 15) is 4.79 Å². The lowest BCUT2D eigenvalue weighted by Gasteiger charge is -1.88. The van der Waals surface area contributed by atoms with Crippen molar-refractivity contribution in [3.05, 3.63) is 40.9 Å². The Kier molecular flexibility index (Phi) is 1.51. The molecule has 4 heteroatoms. The zero-order valence-electron chi connectivity index (χ0n) is 6.06. The van der Waals surface area contributed by atoms with Crippen LogP contribution in [0.15, 0.2) is 44.3 Å². The lowest BCUT2D eigenvalue weighted by molar-refractivity contribution is 0.0551. The second-order valence-corrected chi connectivity index (χ2v) is 2.22. The van der Waals surface area contributed by atoms with Crippen molar-refractivity contribution in [1.82, 2.24) is 4.98 Å². The molecule has 0 saturated heterocycles. The van der Waals surface area contributed by atoms with Gasteiger partial charge in [-0.1, -0.05) is 18.2 Å². The predicted molar refractivity (Wildman–Crippen MR) is 40.5 cm³/mol. The van der Waals surface area contributed by atoms with E-state index in [4.69, 9.17) is 0 Å². The van der Waals surface area contributed by atoms with E-state index in [2.05, 4.69) is 14.1 Å². The fourth-order valence-electron chi connectivity index (χ4n) is 0.889. The van der Waals surface area contributed by atoms with Crippen LogP contribution >= 0.6 is 0 Å². The topological polar surface area (TPSA) is 56.2 Å². The minimum Gasteiger partial charge on any atom is -0.263 e. The van der Waals surface area contributed by atoms with Crippen LogP contribution in [0.3, 0.4) is 0 Å². The first kappa shape index (κ1) is 6.84. The maximum Gasteiger partial charge on any atom is 0.479 e. The van der Waals surface area contributed by atoms with Gasteiger partial charge in [0.05, 0.1) is 0 Å². The molecule has 2 aromatic rings. The maximum atomic E-state index is 10.5. The van der Waals surface area contributed by atoms with Crippen LogP contribution in [0.4, 0.5) is 0 Å². The molecule has 0 N–H and O–H groups in total. The number of hydrogen-bond acceptors (Lipinski definition) is 4. The highest BCUT2D eigenvalue weighted by molar-refractivity contribution is 5.51. The van der Waals surface area contributed by atoms with E-state index in [1.165, 1.54) is 0 Å². The standard InChI is InChI=1S/C8H5NO3/c10-8-9-7(11-12-8)6-4-2-1-3-5-6/h1-5H. The van der Waals surface area contributed by atoms with E-state index in [0.29, 0.717) is 0 Å².